The van der Waals surface area contributed by atoms with Gasteiger partial charge in [-0.05, 0) is 42.9 Å². The summed E-state index contributed by atoms with van der Waals surface area (Å²) in [6.07, 6.45) is 7.18. The minimum atomic E-state index is 0.292. The van der Waals surface area contributed by atoms with Crippen molar-refractivity contribution in [2.45, 2.75) is 45.4 Å². The Morgan fingerprint density at radius 3 is 2.25 bits per heavy atom. The lowest BCUT2D eigenvalue weighted by atomic mass is 10.00. The summed E-state index contributed by atoms with van der Waals surface area (Å²) in [5.41, 5.74) is 6.46. The smallest absolute Gasteiger partial charge is 0.139 e. The van der Waals surface area contributed by atoms with Crippen LogP contribution >= 0.6 is 0 Å². The summed E-state index contributed by atoms with van der Waals surface area (Å²) < 4.78 is 0. The number of hydrogen-bond donors (Lipinski definition) is 3. The van der Waals surface area contributed by atoms with Gasteiger partial charge in [0.1, 0.15) is 5.84 Å². The highest BCUT2D eigenvalue weighted by atomic mass is 16.4. The van der Waals surface area contributed by atoms with E-state index in [1.165, 1.54) is 32.1 Å². The van der Waals surface area contributed by atoms with E-state index in [0.29, 0.717) is 16.7 Å². The molecule has 0 heterocycles. The van der Waals surface area contributed by atoms with Crippen LogP contribution in [0, 0.1) is 10.8 Å². The van der Waals surface area contributed by atoms with Crippen LogP contribution in [0.1, 0.15) is 45.4 Å². The number of rotatable bonds is 7. The minimum Gasteiger partial charge on any atom is -0.409 e. The third-order valence-corrected chi connectivity index (χ3v) is 4.35. The van der Waals surface area contributed by atoms with Crippen LogP contribution in [0.5, 0.6) is 0 Å². The van der Waals surface area contributed by atoms with Gasteiger partial charge in [0.15, 0.2) is 0 Å². The van der Waals surface area contributed by atoms with E-state index < -0.39 is 0 Å². The van der Waals surface area contributed by atoms with E-state index in [2.05, 4.69) is 17.4 Å². The number of nitrogens with zero attached hydrogens (tertiary/aromatic N) is 1. The summed E-state index contributed by atoms with van der Waals surface area (Å²) >= 11 is 0. The first-order chi connectivity index (χ1) is 7.64. The Labute approximate surface area is 97.3 Å². The van der Waals surface area contributed by atoms with Crippen LogP contribution in [-0.2, 0) is 0 Å². The second kappa shape index (κ2) is 4.24. The molecule has 0 aromatic heterocycles. The second-order valence-electron chi connectivity index (χ2n) is 5.73. The van der Waals surface area contributed by atoms with Crippen LogP contribution in [0.4, 0.5) is 0 Å². The van der Waals surface area contributed by atoms with E-state index in [9.17, 15) is 0 Å². The lowest BCUT2D eigenvalue weighted by Crippen LogP contribution is -2.32. The first kappa shape index (κ1) is 11.7. The average molecular weight is 225 g/mol. The fraction of sp³-hybridized carbons (Fsp3) is 0.917. The molecule has 0 atom stereocenters. The monoisotopic (exact) mass is 225 g/mol. The molecule has 2 fully saturated rings. The molecule has 2 rings (SSSR count). The molecule has 0 radical (unpaired) electrons. The summed E-state index contributed by atoms with van der Waals surface area (Å²) in [6.45, 7) is 4.43. The zero-order valence-corrected chi connectivity index (χ0v) is 10.1. The quantitative estimate of drug-likeness (QED) is 0.267. The molecule has 0 amide bonds. The van der Waals surface area contributed by atoms with Gasteiger partial charge in [0.05, 0.1) is 0 Å². The standard InChI is InChI=1S/C12H23N3O/c1-2-11(3-4-11)8-14-9-12(5-6-12)7-10(13)15-16/h14,16H,2-9H2,1H3,(H2,13,15). The average Bonchev–Trinajstić information content (AvgIpc) is 3.17. The molecule has 2 saturated carbocycles. The van der Waals surface area contributed by atoms with Crippen molar-refractivity contribution in [1.29, 1.82) is 0 Å². The number of nitrogens with one attached hydrogen (secondary N) is 1. The molecule has 0 saturated heterocycles. The molecule has 92 valence electrons. The highest BCUT2D eigenvalue weighted by Gasteiger charge is 2.45. The van der Waals surface area contributed by atoms with E-state index in [0.717, 1.165) is 19.5 Å². The molecule has 0 unspecified atom stereocenters. The maximum atomic E-state index is 8.57. The van der Waals surface area contributed by atoms with Crippen LogP contribution < -0.4 is 11.1 Å². The van der Waals surface area contributed by atoms with Crippen molar-refractivity contribution in [3.63, 3.8) is 0 Å². The van der Waals surface area contributed by atoms with Gasteiger partial charge in [-0.3, -0.25) is 0 Å². The Kier molecular flexibility index (Phi) is 3.10. The molecule has 16 heavy (non-hydrogen) atoms. The molecule has 2 aliphatic carbocycles. The van der Waals surface area contributed by atoms with E-state index in [-0.39, 0.29) is 0 Å². The van der Waals surface area contributed by atoms with Crippen LogP contribution in [-0.4, -0.2) is 24.1 Å². The predicted molar refractivity (Wildman–Crippen MR) is 64.5 cm³/mol. The maximum absolute atomic E-state index is 8.57. The SMILES string of the molecule is CCC1(CNCC2(CC(N)=NO)CC2)CC1. The molecule has 4 nitrogen and oxygen atoms in total. The zero-order chi connectivity index (χ0) is 11.6. The van der Waals surface area contributed by atoms with Gasteiger partial charge in [0.25, 0.3) is 0 Å². The Hall–Kier alpha value is -0.770. The maximum Gasteiger partial charge on any atom is 0.139 e. The lowest BCUT2D eigenvalue weighted by molar-refractivity contribution is 0.313. The third kappa shape index (κ3) is 2.67. The molecule has 2 aliphatic rings. The van der Waals surface area contributed by atoms with Gasteiger partial charge in [-0.15, -0.1) is 0 Å². The van der Waals surface area contributed by atoms with Gasteiger partial charge in [0, 0.05) is 19.5 Å². The lowest BCUT2D eigenvalue weighted by Gasteiger charge is -2.18. The fourth-order valence-corrected chi connectivity index (χ4v) is 2.44. The van der Waals surface area contributed by atoms with Crippen LogP contribution in [0.25, 0.3) is 0 Å². The van der Waals surface area contributed by atoms with Gasteiger partial charge in [-0.25, -0.2) is 0 Å². The third-order valence-electron chi connectivity index (χ3n) is 4.35. The van der Waals surface area contributed by atoms with Crippen molar-refractivity contribution in [1.82, 2.24) is 5.32 Å². The number of nitrogens with two attached hydrogens (primary N) is 1. The van der Waals surface area contributed by atoms with E-state index in [1.807, 2.05) is 0 Å². The molecule has 0 aliphatic heterocycles. The van der Waals surface area contributed by atoms with Crippen molar-refractivity contribution < 1.29 is 5.21 Å². The molecule has 0 spiro atoms. The zero-order valence-electron chi connectivity index (χ0n) is 10.1. The van der Waals surface area contributed by atoms with E-state index >= 15 is 0 Å². The molecule has 4 heteroatoms. The fourth-order valence-electron chi connectivity index (χ4n) is 2.44. The number of oxime groups is 1. The van der Waals surface area contributed by atoms with Crippen LogP contribution in [0.15, 0.2) is 5.16 Å². The summed E-state index contributed by atoms with van der Waals surface area (Å²) in [4.78, 5) is 0. The Bertz CT molecular complexity index is 280. The van der Waals surface area contributed by atoms with Crippen molar-refractivity contribution in [2.24, 2.45) is 21.7 Å². The normalized spacial score (nSPS) is 25.4. The summed E-state index contributed by atoms with van der Waals surface area (Å²) in [5, 5.41) is 15.2. The van der Waals surface area contributed by atoms with E-state index in [4.69, 9.17) is 10.9 Å². The molecule has 0 aromatic rings. The second-order valence-corrected chi connectivity index (χ2v) is 5.73. The molecule has 0 bridgehead atoms. The Morgan fingerprint density at radius 2 is 1.81 bits per heavy atom. The van der Waals surface area contributed by atoms with Gasteiger partial charge in [-0.1, -0.05) is 12.1 Å². The predicted octanol–water partition coefficient (Wildman–Crippen LogP) is 1.68. The van der Waals surface area contributed by atoms with Gasteiger partial charge in [0.2, 0.25) is 0 Å². The number of amidine groups is 1. The molecular formula is C12H23N3O. The Morgan fingerprint density at radius 1 is 1.25 bits per heavy atom. The topological polar surface area (TPSA) is 70.6 Å². The van der Waals surface area contributed by atoms with Crippen molar-refractivity contribution in [2.75, 3.05) is 13.1 Å². The molecular weight excluding hydrogens is 202 g/mol. The number of hydrogen-bond acceptors (Lipinski definition) is 3. The van der Waals surface area contributed by atoms with Crippen LogP contribution in [0.3, 0.4) is 0 Å². The van der Waals surface area contributed by atoms with Gasteiger partial charge >= 0.3 is 0 Å². The first-order valence-corrected chi connectivity index (χ1v) is 6.31. The van der Waals surface area contributed by atoms with Gasteiger partial charge < -0.3 is 16.3 Å². The molecule has 4 N–H and O–H groups in total. The van der Waals surface area contributed by atoms with Crippen molar-refractivity contribution >= 4 is 5.84 Å². The van der Waals surface area contributed by atoms with Crippen molar-refractivity contribution in [3.8, 4) is 0 Å². The first-order valence-electron chi connectivity index (χ1n) is 6.31. The highest BCUT2D eigenvalue weighted by Crippen LogP contribution is 2.50. The van der Waals surface area contributed by atoms with E-state index in [1.54, 1.807) is 0 Å². The minimum absolute atomic E-state index is 0.292. The summed E-state index contributed by atoms with van der Waals surface area (Å²) in [6, 6.07) is 0. The van der Waals surface area contributed by atoms with Crippen LogP contribution in [0.2, 0.25) is 0 Å². The Balaban J connectivity index is 1.69. The summed E-state index contributed by atoms with van der Waals surface area (Å²) in [7, 11) is 0. The van der Waals surface area contributed by atoms with Gasteiger partial charge in [-0.2, -0.15) is 0 Å². The largest absolute Gasteiger partial charge is 0.409 e. The molecule has 0 aromatic carbocycles. The summed E-state index contributed by atoms with van der Waals surface area (Å²) in [5.74, 6) is 0.371. The highest BCUT2D eigenvalue weighted by molar-refractivity contribution is 5.80. The van der Waals surface area contributed by atoms with Crippen molar-refractivity contribution in [3.05, 3.63) is 0 Å².